The number of hydrogen-bond acceptors (Lipinski definition) is 1. The molecule has 20 heavy (non-hydrogen) atoms. The number of fused-ring (bicyclic) bond motifs is 1. The molecule has 100 valence electrons. The smallest absolute Gasteiger partial charge is 0.133 e. The van der Waals surface area contributed by atoms with Gasteiger partial charge in [0.2, 0.25) is 0 Å². The summed E-state index contributed by atoms with van der Waals surface area (Å²) in [6, 6.07) is 18.3. The summed E-state index contributed by atoms with van der Waals surface area (Å²) in [4.78, 5) is 0. The Morgan fingerprint density at radius 2 is 1.75 bits per heavy atom. The largest absolute Gasteiger partial charge is 0.496 e. The summed E-state index contributed by atoms with van der Waals surface area (Å²) in [6.45, 7) is 0. The minimum absolute atomic E-state index is 0.749. The zero-order chi connectivity index (χ0) is 14.1. The average molecular weight is 348 g/mol. The second-order valence-electron chi connectivity index (χ2n) is 4.53. The monoisotopic (exact) mass is 346 g/mol. The third-order valence-electron chi connectivity index (χ3n) is 3.30. The summed E-state index contributed by atoms with van der Waals surface area (Å²) in [5.41, 5.74) is 2.27. The molecule has 0 saturated carbocycles. The van der Waals surface area contributed by atoms with Crippen LogP contribution in [0.3, 0.4) is 0 Å². The number of ether oxygens (including phenoxy) is 1. The molecule has 0 radical (unpaired) electrons. The summed E-state index contributed by atoms with van der Waals surface area (Å²) >= 11 is 9.64. The summed E-state index contributed by atoms with van der Waals surface area (Å²) in [5.74, 6) is 0.841. The third kappa shape index (κ3) is 2.41. The summed E-state index contributed by atoms with van der Waals surface area (Å²) in [5, 5.41) is 3.05. The highest BCUT2D eigenvalue weighted by atomic mass is 79.9. The molecule has 0 bridgehead atoms. The van der Waals surface area contributed by atoms with Crippen LogP contribution in [-0.4, -0.2) is 7.11 Å². The van der Waals surface area contributed by atoms with Crippen molar-refractivity contribution in [1.29, 1.82) is 0 Å². The molecule has 0 saturated heterocycles. The van der Waals surface area contributed by atoms with Crippen LogP contribution in [0.15, 0.2) is 59.1 Å². The molecule has 0 aliphatic heterocycles. The van der Waals surface area contributed by atoms with E-state index in [9.17, 15) is 0 Å². The standard InChI is InChI=1S/C17H12BrClO/c1-20-16-8-6-13-9-12(5-7-15(13)17(16)18)11-3-2-4-14(19)10-11/h2-10H,1H3. The van der Waals surface area contributed by atoms with Gasteiger partial charge in [-0.05, 0) is 62.1 Å². The van der Waals surface area contributed by atoms with Gasteiger partial charge in [-0.25, -0.2) is 0 Å². The lowest BCUT2D eigenvalue weighted by atomic mass is 10.0. The van der Waals surface area contributed by atoms with Crippen LogP contribution in [0.4, 0.5) is 0 Å². The van der Waals surface area contributed by atoms with E-state index in [4.69, 9.17) is 16.3 Å². The highest BCUT2D eigenvalue weighted by Crippen LogP contribution is 2.35. The molecule has 0 atom stereocenters. The van der Waals surface area contributed by atoms with Crippen molar-refractivity contribution in [2.24, 2.45) is 0 Å². The molecule has 3 aromatic carbocycles. The van der Waals surface area contributed by atoms with Gasteiger partial charge in [0.25, 0.3) is 0 Å². The lowest BCUT2D eigenvalue weighted by molar-refractivity contribution is 0.413. The van der Waals surface area contributed by atoms with Crippen LogP contribution in [0, 0.1) is 0 Å². The van der Waals surface area contributed by atoms with Crippen LogP contribution in [0.2, 0.25) is 5.02 Å². The second-order valence-corrected chi connectivity index (χ2v) is 5.76. The fourth-order valence-corrected chi connectivity index (χ4v) is 3.12. The Bertz CT molecular complexity index is 783. The Kier molecular flexibility index (Phi) is 3.68. The quantitative estimate of drug-likeness (QED) is 0.558. The first kappa shape index (κ1) is 13.5. The number of halogens is 2. The summed E-state index contributed by atoms with van der Waals surface area (Å²) < 4.78 is 6.30. The Morgan fingerprint density at radius 3 is 2.50 bits per heavy atom. The van der Waals surface area contributed by atoms with Gasteiger partial charge in [0.05, 0.1) is 11.6 Å². The lowest BCUT2D eigenvalue weighted by Gasteiger charge is -2.09. The molecule has 0 aliphatic carbocycles. The van der Waals surface area contributed by atoms with E-state index in [1.54, 1.807) is 7.11 Å². The van der Waals surface area contributed by atoms with Crippen molar-refractivity contribution in [2.75, 3.05) is 7.11 Å². The number of hydrogen-bond donors (Lipinski definition) is 0. The van der Waals surface area contributed by atoms with Crippen LogP contribution < -0.4 is 4.74 Å². The number of methoxy groups -OCH3 is 1. The highest BCUT2D eigenvalue weighted by molar-refractivity contribution is 9.10. The van der Waals surface area contributed by atoms with E-state index in [1.807, 2.05) is 24.3 Å². The van der Waals surface area contributed by atoms with Crippen molar-refractivity contribution in [2.45, 2.75) is 0 Å². The van der Waals surface area contributed by atoms with E-state index in [1.165, 1.54) is 0 Å². The first-order valence-electron chi connectivity index (χ1n) is 6.21. The SMILES string of the molecule is COc1ccc2cc(-c3cccc(Cl)c3)ccc2c1Br. The van der Waals surface area contributed by atoms with Gasteiger partial charge in [-0.1, -0.05) is 41.9 Å². The van der Waals surface area contributed by atoms with Crippen LogP contribution in [0.1, 0.15) is 0 Å². The van der Waals surface area contributed by atoms with Gasteiger partial charge < -0.3 is 4.74 Å². The molecule has 1 nitrogen and oxygen atoms in total. The predicted octanol–water partition coefficient (Wildman–Crippen LogP) is 5.93. The fraction of sp³-hybridized carbons (Fsp3) is 0.0588. The maximum Gasteiger partial charge on any atom is 0.133 e. The molecule has 0 aromatic heterocycles. The van der Waals surface area contributed by atoms with Gasteiger partial charge >= 0.3 is 0 Å². The minimum Gasteiger partial charge on any atom is -0.496 e. The lowest BCUT2D eigenvalue weighted by Crippen LogP contribution is -1.86. The Balaban J connectivity index is 2.17. The van der Waals surface area contributed by atoms with E-state index in [0.29, 0.717) is 0 Å². The molecule has 0 unspecified atom stereocenters. The van der Waals surface area contributed by atoms with E-state index >= 15 is 0 Å². The van der Waals surface area contributed by atoms with E-state index in [2.05, 4.69) is 46.3 Å². The normalized spacial score (nSPS) is 10.8. The average Bonchev–Trinajstić information content (AvgIpc) is 2.47. The highest BCUT2D eigenvalue weighted by Gasteiger charge is 2.07. The van der Waals surface area contributed by atoms with Crippen molar-refractivity contribution in [3.05, 3.63) is 64.1 Å². The Morgan fingerprint density at radius 1 is 0.950 bits per heavy atom. The van der Waals surface area contributed by atoms with E-state index in [0.717, 1.165) is 37.1 Å². The first-order valence-corrected chi connectivity index (χ1v) is 7.38. The zero-order valence-corrected chi connectivity index (χ0v) is 13.2. The second kappa shape index (κ2) is 5.47. The molecule has 3 rings (SSSR count). The van der Waals surface area contributed by atoms with Gasteiger partial charge in [-0.15, -0.1) is 0 Å². The Labute approximate surface area is 131 Å². The zero-order valence-electron chi connectivity index (χ0n) is 10.9. The number of rotatable bonds is 2. The van der Waals surface area contributed by atoms with Crippen molar-refractivity contribution in [3.8, 4) is 16.9 Å². The van der Waals surface area contributed by atoms with Gasteiger partial charge in [-0.2, -0.15) is 0 Å². The molecular weight excluding hydrogens is 336 g/mol. The third-order valence-corrected chi connectivity index (χ3v) is 4.35. The van der Waals surface area contributed by atoms with Gasteiger partial charge in [0.15, 0.2) is 0 Å². The molecule has 0 heterocycles. The minimum atomic E-state index is 0.749. The van der Waals surface area contributed by atoms with Crippen LogP contribution in [0.25, 0.3) is 21.9 Å². The Hall–Kier alpha value is -1.51. The molecule has 3 heteroatoms. The molecule has 0 amide bonds. The van der Waals surface area contributed by atoms with Gasteiger partial charge in [0.1, 0.15) is 5.75 Å². The summed E-state index contributed by atoms with van der Waals surface area (Å²) in [6.07, 6.45) is 0. The van der Waals surface area contributed by atoms with Gasteiger partial charge in [-0.3, -0.25) is 0 Å². The first-order chi connectivity index (χ1) is 9.69. The van der Waals surface area contributed by atoms with E-state index in [-0.39, 0.29) is 0 Å². The van der Waals surface area contributed by atoms with Crippen LogP contribution in [-0.2, 0) is 0 Å². The number of benzene rings is 3. The van der Waals surface area contributed by atoms with Gasteiger partial charge in [0, 0.05) is 5.02 Å². The van der Waals surface area contributed by atoms with Crippen LogP contribution >= 0.6 is 27.5 Å². The predicted molar refractivity (Wildman–Crippen MR) is 88.6 cm³/mol. The molecule has 0 N–H and O–H groups in total. The maximum absolute atomic E-state index is 6.05. The molecule has 3 aromatic rings. The van der Waals surface area contributed by atoms with Crippen LogP contribution in [0.5, 0.6) is 5.75 Å². The topological polar surface area (TPSA) is 9.23 Å². The van der Waals surface area contributed by atoms with Crippen molar-refractivity contribution < 1.29 is 4.74 Å². The van der Waals surface area contributed by atoms with E-state index < -0.39 is 0 Å². The fourth-order valence-electron chi connectivity index (χ4n) is 2.28. The maximum atomic E-state index is 6.05. The molecular formula is C17H12BrClO. The molecule has 0 spiro atoms. The molecule has 0 aliphatic rings. The van der Waals surface area contributed by atoms with Crippen molar-refractivity contribution in [3.63, 3.8) is 0 Å². The van der Waals surface area contributed by atoms with Crippen molar-refractivity contribution in [1.82, 2.24) is 0 Å². The summed E-state index contributed by atoms with van der Waals surface area (Å²) in [7, 11) is 1.67. The van der Waals surface area contributed by atoms with Crippen molar-refractivity contribution >= 4 is 38.3 Å². The molecule has 0 fully saturated rings.